The van der Waals surface area contributed by atoms with Gasteiger partial charge in [0.1, 0.15) is 11.8 Å². The van der Waals surface area contributed by atoms with Crippen LogP contribution in [0.2, 0.25) is 0 Å². The van der Waals surface area contributed by atoms with Crippen molar-refractivity contribution in [1.29, 1.82) is 5.26 Å². The van der Waals surface area contributed by atoms with Crippen LogP contribution in [0, 0.1) is 16.7 Å². The highest BCUT2D eigenvalue weighted by molar-refractivity contribution is 7.19. The van der Waals surface area contributed by atoms with Crippen LogP contribution in [0.15, 0.2) is 40.5 Å². The summed E-state index contributed by atoms with van der Waals surface area (Å²) in [7, 11) is 1.64. The van der Waals surface area contributed by atoms with Crippen LogP contribution in [0.25, 0.3) is 10.2 Å². The number of fused-ring (bicyclic) bond motifs is 1. The van der Waals surface area contributed by atoms with Gasteiger partial charge in [0.15, 0.2) is 16.6 Å². The average Bonchev–Trinajstić information content (AvgIpc) is 3.26. The first-order chi connectivity index (χ1) is 17.4. The maximum Gasteiger partial charge on any atom is 0.513 e. The summed E-state index contributed by atoms with van der Waals surface area (Å²) >= 11 is 1.20. The van der Waals surface area contributed by atoms with Gasteiger partial charge in [-0.25, -0.2) is 9.78 Å². The molecule has 0 aliphatic heterocycles. The normalized spacial score (nSPS) is 14.2. The molecule has 0 spiro atoms. The van der Waals surface area contributed by atoms with E-state index in [1.54, 1.807) is 59.9 Å². The second-order valence-corrected chi connectivity index (χ2v) is 10.6. The average molecular weight is 524 g/mol. The molecule has 0 saturated carbocycles. The molecular formula is C27H29N3O6S. The molecular weight excluding hydrogens is 494 g/mol. The summed E-state index contributed by atoms with van der Waals surface area (Å²) in [6.07, 6.45) is -0.434. The molecule has 1 amide bonds. The maximum atomic E-state index is 12.9. The number of thiazole rings is 1. The van der Waals surface area contributed by atoms with Gasteiger partial charge in [-0.05, 0) is 39.3 Å². The Labute approximate surface area is 219 Å². The third kappa shape index (κ3) is 6.12. The van der Waals surface area contributed by atoms with Gasteiger partial charge in [0, 0.05) is 53.8 Å². The highest BCUT2D eigenvalue weighted by atomic mass is 32.1. The SMILES string of the molecule is CC1=C(C)C(=O)C(C(C)(C)CC(=O)N(C)CCCOC(=O)Oc2ccc3nc(C#N)sc3c2)=C(C)C1=O. The fraction of sp³-hybridized carbons (Fsp3) is 0.407. The molecule has 0 fully saturated rings. The lowest BCUT2D eigenvalue weighted by Crippen LogP contribution is -2.36. The Balaban J connectivity index is 1.48. The van der Waals surface area contributed by atoms with E-state index in [-0.39, 0.29) is 36.3 Å². The fourth-order valence-electron chi connectivity index (χ4n) is 4.23. The Morgan fingerprint density at radius 3 is 2.46 bits per heavy atom. The fourth-order valence-corrected chi connectivity index (χ4v) is 5.02. The maximum absolute atomic E-state index is 12.9. The van der Waals surface area contributed by atoms with Gasteiger partial charge in [0.25, 0.3) is 0 Å². The van der Waals surface area contributed by atoms with Crippen molar-refractivity contribution in [2.45, 2.75) is 47.5 Å². The number of allylic oxidation sites excluding steroid dienone is 4. The van der Waals surface area contributed by atoms with E-state index in [1.165, 1.54) is 16.2 Å². The van der Waals surface area contributed by atoms with Gasteiger partial charge < -0.3 is 14.4 Å². The number of Topliss-reactive ketones (excluding diaryl/α,β-unsaturated/α-hetero) is 2. The van der Waals surface area contributed by atoms with Crippen molar-refractivity contribution in [3.63, 3.8) is 0 Å². The monoisotopic (exact) mass is 523 g/mol. The van der Waals surface area contributed by atoms with Gasteiger partial charge in [0.2, 0.25) is 5.91 Å². The van der Waals surface area contributed by atoms with Crippen LogP contribution in [0.3, 0.4) is 0 Å². The molecule has 1 heterocycles. The Morgan fingerprint density at radius 1 is 1.11 bits per heavy atom. The molecule has 1 aliphatic rings. The number of hydrogen-bond donors (Lipinski definition) is 0. The molecule has 37 heavy (non-hydrogen) atoms. The first kappa shape index (κ1) is 27.7. The molecule has 0 atom stereocenters. The van der Waals surface area contributed by atoms with E-state index >= 15 is 0 Å². The number of nitrogens with zero attached hydrogens (tertiary/aromatic N) is 3. The minimum absolute atomic E-state index is 0.0434. The summed E-state index contributed by atoms with van der Waals surface area (Å²) in [6, 6.07) is 6.82. The van der Waals surface area contributed by atoms with E-state index in [9.17, 15) is 19.2 Å². The van der Waals surface area contributed by atoms with Gasteiger partial charge in [0.05, 0.1) is 16.8 Å². The summed E-state index contributed by atoms with van der Waals surface area (Å²) in [5, 5.41) is 9.27. The summed E-state index contributed by atoms with van der Waals surface area (Å²) in [4.78, 5) is 56.0. The smallest absolute Gasteiger partial charge is 0.434 e. The van der Waals surface area contributed by atoms with E-state index in [4.69, 9.17) is 14.7 Å². The van der Waals surface area contributed by atoms with Crippen LogP contribution < -0.4 is 4.74 Å². The zero-order valence-corrected chi connectivity index (χ0v) is 22.6. The molecule has 3 rings (SSSR count). The molecule has 0 radical (unpaired) electrons. The largest absolute Gasteiger partial charge is 0.513 e. The van der Waals surface area contributed by atoms with Crippen molar-refractivity contribution in [3.8, 4) is 11.8 Å². The number of carbonyl (C=O) groups excluding carboxylic acids is 4. The molecule has 1 aromatic carbocycles. The number of hydrogen-bond acceptors (Lipinski definition) is 9. The van der Waals surface area contributed by atoms with E-state index < -0.39 is 11.6 Å². The zero-order valence-electron chi connectivity index (χ0n) is 21.8. The minimum Gasteiger partial charge on any atom is -0.434 e. The predicted molar refractivity (Wildman–Crippen MR) is 138 cm³/mol. The van der Waals surface area contributed by atoms with Gasteiger partial charge >= 0.3 is 6.16 Å². The summed E-state index contributed by atoms with van der Waals surface area (Å²) in [6.45, 7) is 8.87. The molecule has 0 N–H and O–H groups in total. The number of rotatable bonds is 8. The van der Waals surface area contributed by atoms with Crippen LogP contribution in [0.4, 0.5) is 4.79 Å². The van der Waals surface area contributed by atoms with Crippen LogP contribution >= 0.6 is 11.3 Å². The Morgan fingerprint density at radius 2 is 1.78 bits per heavy atom. The van der Waals surface area contributed by atoms with Crippen molar-refractivity contribution < 1.29 is 28.7 Å². The van der Waals surface area contributed by atoms with Gasteiger partial charge in [-0.1, -0.05) is 13.8 Å². The summed E-state index contributed by atoms with van der Waals surface area (Å²) in [5.74, 6) is -0.265. The number of aromatic nitrogens is 1. The lowest BCUT2D eigenvalue weighted by molar-refractivity contribution is -0.132. The number of ketones is 2. The van der Waals surface area contributed by atoms with Gasteiger partial charge in [-0.15, -0.1) is 11.3 Å². The minimum atomic E-state index is -0.874. The molecule has 194 valence electrons. The van der Waals surface area contributed by atoms with E-state index in [0.29, 0.717) is 45.8 Å². The molecule has 9 nitrogen and oxygen atoms in total. The third-order valence-corrected chi connectivity index (χ3v) is 7.32. The van der Waals surface area contributed by atoms with Crippen molar-refractivity contribution >= 4 is 45.2 Å². The molecule has 2 aromatic rings. The molecule has 1 aliphatic carbocycles. The molecule has 0 unspecified atom stereocenters. The second kappa shape index (κ2) is 11.0. The number of nitriles is 1. The number of carbonyl (C=O) groups is 4. The molecule has 0 saturated heterocycles. The molecule has 10 heteroatoms. The van der Waals surface area contributed by atoms with Gasteiger partial charge in [-0.2, -0.15) is 5.26 Å². The van der Waals surface area contributed by atoms with Crippen LogP contribution in [-0.2, 0) is 19.1 Å². The first-order valence-electron chi connectivity index (χ1n) is 11.7. The van der Waals surface area contributed by atoms with Gasteiger partial charge in [-0.3, -0.25) is 14.4 Å². The number of amides is 1. The van der Waals surface area contributed by atoms with Crippen LogP contribution in [-0.4, -0.2) is 53.7 Å². The van der Waals surface area contributed by atoms with Crippen molar-refractivity contribution in [3.05, 3.63) is 45.5 Å². The first-order valence-corrected chi connectivity index (χ1v) is 12.5. The quantitative estimate of drug-likeness (QED) is 0.210. The predicted octanol–water partition coefficient (Wildman–Crippen LogP) is 4.75. The van der Waals surface area contributed by atoms with E-state index in [0.717, 1.165) is 4.70 Å². The Bertz CT molecular complexity index is 1390. The van der Waals surface area contributed by atoms with Crippen LogP contribution in [0.1, 0.15) is 52.5 Å². The number of ether oxygens (including phenoxy) is 2. The zero-order chi connectivity index (χ0) is 27.5. The van der Waals surface area contributed by atoms with Crippen molar-refractivity contribution in [2.75, 3.05) is 20.2 Å². The standard InChI is InChI=1S/C27H29N3O6S/c1-15-16(2)25(33)23(17(3)24(15)32)27(4,5)13-22(31)30(6)10-7-11-35-26(34)36-18-8-9-19-20(12-18)37-21(14-28)29-19/h8-9,12H,7,10-11,13H2,1-6H3. The summed E-state index contributed by atoms with van der Waals surface area (Å²) < 4.78 is 11.0. The Kier molecular flexibility index (Phi) is 8.28. The molecule has 0 bridgehead atoms. The van der Waals surface area contributed by atoms with Crippen molar-refractivity contribution in [2.24, 2.45) is 5.41 Å². The highest BCUT2D eigenvalue weighted by Gasteiger charge is 2.38. The lowest BCUT2D eigenvalue weighted by Gasteiger charge is -2.32. The lowest BCUT2D eigenvalue weighted by atomic mass is 9.71. The number of benzene rings is 1. The second-order valence-electron chi connectivity index (χ2n) is 9.60. The molecule has 1 aromatic heterocycles. The van der Waals surface area contributed by atoms with Crippen molar-refractivity contribution in [1.82, 2.24) is 9.88 Å². The Hall–Kier alpha value is -3.84. The highest BCUT2D eigenvalue weighted by Crippen LogP contribution is 2.39. The van der Waals surface area contributed by atoms with E-state index in [1.807, 2.05) is 6.07 Å². The van der Waals surface area contributed by atoms with Crippen LogP contribution in [0.5, 0.6) is 5.75 Å². The third-order valence-electron chi connectivity index (χ3n) is 6.40. The summed E-state index contributed by atoms with van der Waals surface area (Å²) in [5.41, 5.74) is 1.46. The van der Waals surface area contributed by atoms with E-state index in [2.05, 4.69) is 4.98 Å². The topological polar surface area (TPSA) is 127 Å².